The van der Waals surface area contributed by atoms with Crippen LogP contribution in [0.2, 0.25) is 0 Å². The van der Waals surface area contributed by atoms with Gasteiger partial charge in [0, 0.05) is 6.42 Å². The molecule has 1 unspecified atom stereocenters. The van der Waals surface area contributed by atoms with Gasteiger partial charge in [-0.3, -0.25) is 0 Å². The third kappa shape index (κ3) is 3.32. The molecule has 0 aromatic heterocycles. The first-order chi connectivity index (χ1) is 7.96. The highest BCUT2D eigenvalue weighted by atomic mass is 16.3. The molecule has 1 aliphatic rings. The van der Waals surface area contributed by atoms with Crippen LogP contribution in [0.4, 0.5) is 0 Å². The van der Waals surface area contributed by atoms with Gasteiger partial charge in [-0.25, -0.2) is 0 Å². The largest absolute Gasteiger partial charge is 0.390 e. The summed E-state index contributed by atoms with van der Waals surface area (Å²) < 4.78 is 0. The van der Waals surface area contributed by atoms with E-state index in [1.807, 2.05) is 6.92 Å². The molecular weight excluding hydrogens is 208 g/mol. The molecule has 1 heteroatoms. The minimum absolute atomic E-state index is 0.541. The predicted molar refractivity (Wildman–Crippen MR) is 72.2 cm³/mol. The molecule has 0 aliphatic heterocycles. The molecule has 1 N–H and O–H groups in total. The molecule has 0 saturated carbocycles. The average molecular weight is 232 g/mol. The fourth-order valence-corrected chi connectivity index (χ4v) is 3.13. The second kappa shape index (κ2) is 4.81. The smallest absolute Gasteiger partial charge is 0.0662 e. The van der Waals surface area contributed by atoms with Crippen molar-refractivity contribution in [1.82, 2.24) is 0 Å². The van der Waals surface area contributed by atoms with Crippen molar-refractivity contribution in [1.29, 1.82) is 0 Å². The second-order valence-electron chi connectivity index (χ2n) is 6.23. The Morgan fingerprint density at radius 3 is 2.65 bits per heavy atom. The number of rotatable bonds is 4. The zero-order valence-electron chi connectivity index (χ0n) is 11.3. The van der Waals surface area contributed by atoms with E-state index >= 15 is 0 Å². The lowest BCUT2D eigenvalue weighted by Crippen LogP contribution is -2.29. The Balaban J connectivity index is 2.08. The summed E-state index contributed by atoms with van der Waals surface area (Å²) in [5, 5.41) is 10.4. The summed E-state index contributed by atoms with van der Waals surface area (Å²) in [5.41, 5.74) is 3.73. The van der Waals surface area contributed by atoms with Crippen LogP contribution in [0.1, 0.15) is 50.3 Å². The van der Waals surface area contributed by atoms with Crippen molar-refractivity contribution < 1.29 is 5.11 Å². The molecule has 2 rings (SSSR count). The van der Waals surface area contributed by atoms with Crippen molar-refractivity contribution in [3.63, 3.8) is 0 Å². The Morgan fingerprint density at radius 2 is 1.94 bits per heavy atom. The first kappa shape index (κ1) is 12.6. The summed E-state index contributed by atoms with van der Waals surface area (Å²) in [6.45, 7) is 6.29. The topological polar surface area (TPSA) is 20.2 Å². The lowest BCUT2D eigenvalue weighted by Gasteiger charge is -2.25. The monoisotopic (exact) mass is 232 g/mol. The molecule has 0 spiro atoms. The van der Waals surface area contributed by atoms with E-state index in [9.17, 15) is 5.11 Å². The molecule has 1 aromatic rings. The Hall–Kier alpha value is -0.820. The van der Waals surface area contributed by atoms with Crippen molar-refractivity contribution >= 4 is 0 Å². The zero-order valence-corrected chi connectivity index (χ0v) is 11.3. The third-order valence-corrected chi connectivity index (χ3v) is 3.60. The van der Waals surface area contributed by atoms with E-state index in [1.54, 1.807) is 0 Å². The SMILES string of the molecule is CC(C)CC(C)(O)Cc1ccc2c(c1)CCC2. The predicted octanol–water partition coefficient (Wildman–Crippen LogP) is 3.51. The van der Waals surface area contributed by atoms with Gasteiger partial charge in [0.2, 0.25) is 0 Å². The van der Waals surface area contributed by atoms with E-state index in [1.165, 1.54) is 36.0 Å². The van der Waals surface area contributed by atoms with Crippen LogP contribution in [0, 0.1) is 5.92 Å². The zero-order chi connectivity index (χ0) is 12.5. The molecule has 1 nitrogen and oxygen atoms in total. The number of hydrogen-bond acceptors (Lipinski definition) is 1. The summed E-state index contributed by atoms with van der Waals surface area (Å²) in [6.07, 6.45) is 5.39. The van der Waals surface area contributed by atoms with Crippen LogP contribution in [0.3, 0.4) is 0 Å². The van der Waals surface area contributed by atoms with Gasteiger partial charge in [0.15, 0.2) is 0 Å². The van der Waals surface area contributed by atoms with Crippen LogP contribution in [0.15, 0.2) is 18.2 Å². The molecule has 17 heavy (non-hydrogen) atoms. The Morgan fingerprint density at radius 1 is 1.24 bits per heavy atom. The maximum absolute atomic E-state index is 10.4. The molecule has 0 saturated heterocycles. The van der Waals surface area contributed by atoms with Crippen molar-refractivity contribution in [2.75, 3.05) is 0 Å². The molecule has 0 bridgehead atoms. The van der Waals surface area contributed by atoms with Crippen LogP contribution in [-0.2, 0) is 19.3 Å². The van der Waals surface area contributed by atoms with Gasteiger partial charge < -0.3 is 5.11 Å². The molecule has 94 valence electrons. The van der Waals surface area contributed by atoms with Gasteiger partial charge >= 0.3 is 0 Å². The summed E-state index contributed by atoms with van der Waals surface area (Å²) in [4.78, 5) is 0. The van der Waals surface area contributed by atoms with E-state index in [0.29, 0.717) is 5.92 Å². The van der Waals surface area contributed by atoms with Crippen LogP contribution < -0.4 is 0 Å². The van der Waals surface area contributed by atoms with E-state index in [0.717, 1.165) is 12.8 Å². The fourth-order valence-electron chi connectivity index (χ4n) is 3.13. The maximum Gasteiger partial charge on any atom is 0.0662 e. The van der Waals surface area contributed by atoms with Crippen molar-refractivity contribution in [3.8, 4) is 0 Å². The highest BCUT2D eigenvalue weighted by Gasteiger charge is 2.23. The number of benzene rings is 1. The normalized spacial score (nSPS) is 18.2. The van der Waals surface area contributed by atoms with Crippen LogP contribution in [-0.4, -0.2) is 10.7 Å². The molecule has 0 amide bonds. The van der Waals surface area contributed by atoms with Crippen LogP contribution in [0.25, 0.3) is 0 Å². The van der Waals surface area contributed by atoms with E-state index in [-0.39, 0.29) is 0 Å². The van der Waals surface area contributed by atoms with E-state index in [4.69, 9.17) is 0 Å². The summed E-state index contributed by atoms with van der Waals surface area (Å²) in [6, 6.07) is 6.75. The molecule has 1 aromatic carbocycles. The van der Waals surface area contributed by atoms with Gasteiger partial charge in [0.25, 0.3) is 0 Å². The minimum atomic E-state index is -0.568. The standard InChI is InChI=1S/C16H24O/c1-12(2)10-16(3,17)11-13-7-8-14-5-4-6-15(14)9-13/h7-9,12,17H,4-6,10-11H2,1-3H3. The third-order valence-electron chi connectivity index (χ3n) is 3.60. The van der Waals surface area contributed by atoms with E-state index < -0.39 is 5.60 Å². The molecule has 0 radical (unpaired) electrons. The fraction of sp³-hybridized carbons (Fsp3) is 0.625. The number of aliphatic hydroxyl groups is 1. The lowest BCUT2D eigenvalue weighted by atomic mass is 9.87. The maximum atomic E-state index is 10.4. The summed E-state index contributed by atoms with van der Waals surface area (Å²) in [7, 11) is 0. The summed E-state index contributed by atoms with van der Waals surface area (Å²) in [5.74, 6) is 0.541. The highest BCUT2D eigenvalue weighted by Crippen LogP contribution is 2.26. The van der Waals surface area contributed by atoms with E-state index in [2.05, 4.69) is 32.0 Å². The van der Waals surface area contributed by atoms with Crippen molar-refractivity contribution in [2.45, 2.75) is 58.5 Å². The number of aryl methyl sites for hydroxylation is 2. The molecular formula is C16H24O. The van der Waals surface area contributed by atoms with Gasteiger partial charge in [-0.15, -0.1) is 0 Å². The highest BCUT2D eigenvalue weighted by molar-refractivity contribution is 5.35. The summed E-state index contributed by atoms with van der Waals surface area (Å²) >= 11 is 0. The average Bonchev–Trinajstić information content (AvgIpc) is 2.61. The first-order valence-corrected chi connectivity index (χ1v) is 6.79. The quantitative estimate of drug-likeness (QED) is 0.842. The van der Waals surface area contributed by atoms with Gasteiger partial charge in [0.05, 0.1) is 5.60 Å². The molecule has 1 atom stereocenters. The van der Waals surface area contributed by atoms with Gasteiger partial charge in [-0.05, 0) is 55.2 Å². The Labute approximate surface area is 105 Å². The van der Waals surface area contributed by atoms with Crippen molar-refractivity contribution in [2.24, 2.45) is 5.92 Å². The second-order valence-corrected chi connectivity index (χ2v) is 6.23. The van der Waals surface area contributed by atoms with Crippen molar-refractivity contribution in [3.05, 3.63) is 34.9 Å². The van der Waals surface area contributed by atoms with Gasteiger partial charge in [-0.2, -0.15) is 0 Å². The van der Waals surface area contributed by atoms with Gasteiger partial charge in [0.1, 0.15) is 0 Å². The first-order valence-electron chi connectivity index (χ1n) is 6.79. The lowest BCUT2D eigenvalue weighted by molar-refractivity contribution is 0.0388. The molecule has 0 heterocycles. The number of fused-ring (bicyclic) bond motifs is 1. The Bertz CT molecular complexity index is 391. The van der Waals surface area contributed by atoms with Crippen LogP contribution >= 0.6 is 0 Å². The van der Waals surface area contributed by atoms with Crippen LogP contribution in [0.5, 0.6) is 0 Å². The molecule has 1 aliphatic carbocycles. The Kier molecular flexibility index (Phi) is 3.58. The number of hydrogen-bond donors (Lipinski definition) is 1. The minimum Gasteiger partial charge on any atom is -0.390 e. The van der Waals surface area contributed by atoms with Gasteiger partial charge in [-0.1, -0.05) is 32.0 Å². The molecule has 0 fully saturated rings.